The first-order chi connectivity index (χ1) is 12.0. The molecule has 1 aromatic carbocycles. The maximum absolute atomic E-state index is 12.7. The third kappa shape index (κ3) is 4.10. The Bertz CT molecular complexity index is 631. The molecule has 0 aliphatic carbocycles. The quantitative estimate of drug-likeness (QED) is 0.833. The number of benzene rings is 1. The number of piperazine rings is 1. The van der Waals surface area contributed by atoms with E-state index in [-0.39, 0.29) is 18.1 Å². The zero-order chi connectivity index (χ0) is 18.0. The highest BCUT2D eigenvalue weighted by Gasteiger charge is 2.35. The maximum Gasteiger partial charge on any atom is 0.252 e. The lowest BCUT2D eigenvalue weighted by molar-refractivity contribution is -0.146. The van der Waals surface area contributed by atoms with Crippen LogP contribution in [0.15, 0.2) is 12.1 Å². The van der Waals surface area contributed by atoms with Crippen LogP contribution in [0.1, 0.15) is 37.3 Å². The van der Waals surface area contributed by atoms with Crippen molar-refractivity contribution in [2.24, 2.45) is 0 Å². The van der Waals surface area contributed by atoms with Crippen LogP contribution in [0.5, 0.6) is 0 Å². The number of carbonyl (C=O) groups excluding carboxylic acids is 1. The van der Waals surface area contributed by atoms with Gasteiger partial charge in [-0.15, -0.1) is 0 Å². The van der Waals surface area contributed by atoms with Gasteiger partial charge in [-0.25, -0.2) is 0 Å². The van der Waals surface area contributed by atoms with Crippen LogP contribution in [-0.2, 0) is 16.1 Å². The van der Waals surface area contributed by atoms with Gasteiger partial charge in [-0.3, -0.25) is 9.69 Å². The fraction of sp³-hybridized carbons (Fsp3) is 0.632. The number of hydrogen-bond donors (Lipinski definition) is 1. The van der Waals surface area contributed by atoms with Gasteiger partial charge in [0.1, 0.15) is 6.10 Å². The van der Waals surface area contributed by atoms with Gasteiger partial charge in [0.15, 0.2) is 0 Å². The summed E-state index contributed by atoms with van der Waals surface area (Å²) in [4.78, 5) is 17.2. The van der Waals surface area contributed by atoms with Gasteiger partial charge in [-0.2, -0.15) is 0 Å². The number of amides is 1. The molecule has 2 fully saturated rings. The van der Waals surface area contributed by atoms with Crippen molar-refractivity contribution in [3.05, 3.63) is 28.3 Å². The fourth-order valence-electron chi connectivity index (χ4n) is 3.82. The van der Waals surface area contributed by atoms with E-state index in [2.05, 4.69) is 11.8 Å². The van der Waals surface area contributed by atoms with Crippen LogP contribution < -0.4 is 5.73 Å². The lowest BCUT2D eigenvalue weighted by Crippen LogP contribution is -2.56. The van der Waals surface area contributed by atoms with Crippen LogP contribution >= 0.6 is 11.6 Å². The zero-order valence-corrected chi connectivity index (χ0v) is 15.9. The number of rotatable bonds is 4. The Morgan fingerprint density at radius 2 is 2.20 bits per heavy atom. The summed E-state index contributed by atoms with van der Waals surface area (Å²) in [5.41, 5.74) is 9.04. The molecule has 0 spiro atoms. The van der Waals surface area contributed by atoms with E-state index >= 15 is 0 Å². The Labute approximate surface area is 155 Å². The molecule has 0 unspecified atom stereocenters. The second kappa shape index (κ2) is 7.94. The van der Waals surface area contributed by atoms with Gasteiger partial charge in [0.2, 0.25) is 0 Å². The summed E-state index contributed by atoms with van der Waals surface area (Å²) in [5, 5.41) is 0.678. The van der Waals surface area contributed by atoms with Gasteiger partial charge in [0, 0.05) is 49.5 Å². The Morgan fingerprint density at radius 3 is 2.88 bits per heavy atom. The molecule has 2 saturated heterocycles. The van der Waals surface area contributed by atoms with Crippen molar-refractivity contribution >= 4 is 23.2 Å². The van der Waals surface area contributed by atoms with E-state index in [4.69, 9.17) is 22.1 Å². The van der Waals surface area contributed by atoms with E-state index in [0.29, 0.717) is 11.6 Å². The van der Waals surface area contributed by atoms with E-state index in [1.54, 1.807) is 6.07 Å². The second-order valence-electron chi connectivity index (χ2n) is 7.11. The van der Waals surface area contributed by atoms with Crippen LogP contribution in [0.4, 0.5) is 5.69 Å². The molecule has 6 heteroatoms. The molecular weight excluding hydrogens is 338 g/mol. The van der Waals surface area contributed by atoms with Crippen LogP contribution in [0.2, 0.25) is 5.02 Å². The zero-order valence-electron chi connectivity index (χ0n) is 15.1. The van der Waals surface area contributed by atoms with Gasteiger partial charge in [-0.1, -0.05) is 18.5 Å². The average molecular weight is 366 g/mol. The summed E-state index contributed by atoms with van der Waals surface area (Å²) < 4.78 is 5.59. The minimum atomic E-state index is -0.226. The molecule has 1 amide bonds. The molecular formula is C19H28ClN3O2. The largest absolute Gasteiger partial charge is 0.398 e. The number of nitrogen functional groups attached to an aromatic ring is 1. The number of nitrogens with zero attached hydrogens (tertiary/aromatic N) is 2. The van der Waals surface area contributed by atoms with Crippen molar-refractivity contribution in [1.29, 1.82) is 0 Å². The average Bonchev–Trinajstić information content (AvgIpc) is 3.13. The van der Waals surface area contributed by atoms with Crippen LogP contribution in [0.25, 0.3) is 0 Å². The third-order valence-electron chi connectivity index (χ3n) is 5.44. The minimum Gasteiger partial charge on any atom is -0.398 e. The van der Waals surface area contributed by atoms with Gasteiger partial charge in [-0.05, 0) is 49.4 Å². The van der Waals surface area contributed by atoms with Crippen molar-refractivity contribution in [1.82, 2.24) is 9.80 Å². The molecule has 0 aromatic heterocycles. The van der Waals surface area contributed by atoms with E-state index in [1.165, 1.54) is 5.56 Å². The lowest BCUT2D eigenvalue weighted by Gasteiger charge is -2.42. The lowest BCUT2D eigenvalue weighted by atomic mass is 10.0. The summed E-state index contributed by atoms with van der Waals surface area (Å²) in [6, 6.07) is 4.04. The van der Waals surface area contributed by atoms with Crippen molar-refractivity contribution < 1.29 is 9.53 Å². The van der Waals surface area contributed by atoms with Gasteiger partial charge in [0.05, 0.1) is 0 Å². The number of nitrogens with two attached hydrogens (primary N) is 1. The predicted octanol–water partition coefficient (Wildman–Crippen LogP) is 2.83. The monoisotopic (exact) mass is 365 g/mol. The first-order valence-electron chi connectivity index (χ1n) is 9.18. The number of halogens is 1. The van der Waals surface area contributed by atoms with Crippen molar-refractivity contribution in [3.8, 4) is 0 Å². The molecule has 5 nitrogen and oxygen atoms in total. The van der Waals surface area contributed by atoms with Crippen molar-refractivity contribution in [3.63, 3.8) is 0 Å². The SMILES string of the molecule is CC[C@H]1CN(Cc2cc(Cl)cc(N)c2C)CCN1C(=O)[C@H]1CCCO1. The molecule has 25 heavy (non-hydrogen) atoms. The number of anilines is 1. The topological polar surface area (TPSA) is 58.8 Å². The highest BCUT2D eigenvalue weighted by atomic mass is 35.5. The highest BCUT2D eigenvalue weighted by Crippen LogP contribution is 2.25. The van der Waals surface area contributed by atoms with E-state index in [1.807, 2.05) is 17.9 Å². The van der Waals surface area contributed by atoms with E-state index in [9.17, 15) is 4.79 Å². The first kappa shape index (κ1) is 18.5. The Balaban J connectivity index is 1.66. The smallest absolute Gasteiger partial charge is 0.252 e. The summed E-state index contributed by atoms with van der Waals surface area (Å²) in [6.07, 6.45) is 2.57. The van der Waals surface area contributed by atoms with Crippen LogP contribution in [0, 0.1) is 6.92 Å². The number of ether oxygens (including phenoxy) is 1. The predicted molar refractivity (Wildman–Crippen MR) is 101 cm³/mol. The molecule has 0 saturated carbocycles. The fourth-order valence-corrected chi connectivity index (χ4v) is 4.07. The van der Waals surface area contributed by atoms with Gasteiger partial charge in [0.25, 0.3) is 5.91 Å². The molecule has 2 aliphatic rings. The van der Waals surface area contributed by atoms with E-state index < -0.39 is 0 Å². The van der Waals surface area contributed by atoms with Gasteiger partial charge >= 0.3 is 0 Å². The Kier molecular flexibility index (Phi) is 5.87. The molecule has 138 valence electrons. The standard InChI is InChI=1S/C19H28ClN3O2/c1-3-16-12-22(11-14-9-15(20)10-17(21)13(14)2)6-7-23(16)19(24)18-5-4-8-25-18/h9-10,16,18H,3-8,11-12,21H2,1-2H3/t16-,18+/m0/s1. The number of carbonyl (C=O) groups is 1. The Hall–Kier alpha value is -1.30. The first-order valence-corrected chi connectivity index (χ1v) is 9.56. The molecule has 3 rings (SSSR count). The molecule has 0 radical (unpaired) electrons. The summed E-state index contributed by atoms with van der Waals surface area (Å²) in [7, 11) is 0. The second-order valence-corrected chi connectivity index (χ2v) is 7.55. The summed E-state index contributed by atoms with van der Waals surface area (Å²) >= 11 is 6.17. The van der Waals surface area contributed by atoms with Gasteiger partial charge < -0.3 is 15.4 Å². The highest BCUT2D eigenvalue weighted by molar-refractivity contribution is 6.31. The Morgan fingerprint density at radius 1 is 1.40 bits per heavy atom. The molecule has 2 heterocycles. The molecule has 2 aliphatic heterocycles. The maximum atomic E-state index is 12.7. The molecule has 1 aromatic rings. The normalized spacial score (nSPS) is 24.7. The molecule has 2 N–H and O–H groups in total. The minimum absolute atomic E-state index is 0.173. The number of hydrogen-bond acceptors (Lipinski definition) is 4. The molecule has 2 atom stereocenters. The van der Waals surface area contributed by atoms with Crippen molar-refractivity contribution in [2.45, 2.75) is 51.8 Å². The third-order valence-corrected chi connectivity index (χ3v) is 5.66. The van der Waals surface area contributed by atoms with Crippen LogP contribution in [0.3, 0.4) is 0 Å². The summed E-state index contributed by atoms with van der Waals surface area (Å²) in [6.45, 7) is 8.20. The molecule has 0 bridgehead atoms. The summed E-state index contributed by atoms with van der Waals surface area (Å²) in [5.74, 6) is 0.173. The van der Waals surface area contributed by atoms with Crippen molar-refractivity contribution in [2.75, 3.05) is 32.0 Å². The van der Waals surface area contributed by atoms with E-state index in [0.717, 1.165) is 56.7 Å². The van der Waals surface area contributed by atoms with Crippen LogP contribution in [-0.4, -0.2) is 54.1 Å².